The molecular formula is C28H31F3O3. The van der Waals surface area contributed by atoms with Gasteiger partial charge in [-0.15, -0.1) is 0 Å². The Balaban J connectivity index is 1.57. The maximum absolute atomic E-state index is 15.0. The maximum Gasteiger partial charge on any atom is 0.168 e. The molecule has 0 N–H and O–H groups in total. The average Bonchev–Trinajstić information content (AvgIpc) is 2.85. The molecule has 1 saturated carbocycles. The number of rotatable bonds is 10. The molecule has 0 atom stereocenters. The quantitative estimate of drug-likeness (QED) is 0.260. The van der Waals surface area contributed by atoms with Crippen LogP contribution in [0.2, 0.25) is 0 Å². The zero-order valence-corrected chi connectivity index (χ0v) is 19.7. The minimum absolute atomic E-state index is 0.0646. The summed E-state index contributed by atoms with van der Waals surface area (Å²) in [6.45, 7) is 9.72. The lowest BCUT2D eigenvalue weighted by molar-refractivity contribution is 0.136. The molecule has 0 unspecified atom stereocenters. The van der Waals surface area contributed by atoms with Crippen LogP contribution < -0.4 is 4.74 Å². The summed E-state index contributed by atoms with van der Waals surface area (Å²) >= 11 is 0. The largest absolute Gasteiger partial charge is 0.497 e. The van der Waals surface area contributed by atoms with E-state index in [1.807, 2.05) is 0 Å². The first-order valence-electron chi connectivity index (χ1n) is 11.5. The molecule has 0 radical (unpaired) electrons. The summed E-state index contributed by atoms with van der Waals surface area (Å²) in [7, 11) is 1.55. The third kappa shape index (κ3) is 6.25. The molecule has 0 spiro atoms. The molecule has 1 aliphatic carbocycles. The van der Waals surface area contributed by atoms with Crippen LogP contribution in [0.25, 0.3) is 11.1 Å². The smallest absolute Gasteiger partial charge is 0.168 e. The third-order valence-corrected chi connectivity index (χ3v) is 6.18. The van der Waals surface area contributed by atoms with Crippen LogP contribution in [0.15, 0.2) is 73.0 Å². The van der Waals surface area contributed by atoms with Crippen molar-refractivity contribution in [3.05, 3.63) is 90.2 Å². The van der Waals surface area contributed by atoms with Crippen molar-refractivity contribution in [3.8, 4) is 16.9 Å². The lowest BCUT2D eigenvalue weighted by atomic mass is 9.78. The maximum atomic E-state index is 15.0. The van der Waals surface area contributed by atoms with Gasteiger partial charge in [-0.1, -0.05) is 37.4 Å². The van der Waals surface area contributed by atoms with Gasteiger partial charge in [0.25, 0.3) is 0 Å². The molecule has 0 aliphatic heterocycles. The second kappa shape index (κ2) is 11.8. The van der Waals surface area contributed by atoms with Gasteiger partial charge in [0.15, 0.2) is 17.5 Å². The predicted octanol–water partition coefficient (Wildman–Crippen LogP) is 7.85. The standard InChI is InChI=1S/C28H31F3O3/c1-5-33-18(2)16-26(29)19(3)34-17-20-6-8-21(9-7-20)24-14-15-25(28(31)27(24)30)22-10-12-23(32-4)13-11-22/h10-16,20-21H,2-3,5-9,17H2,1,4H3/b26-16+. The van der Waals surface area contributed by atoms with Crippen LogP contribution in [0.3, 0.4) is 0 Å². The molecule has 0 saturated heterocycles. The highest BCUT2D eigenvalue weighted by Crippen LogP contribution is 2.39. The lowest BCUT2D eigenvalue weighted by Crippen LogP contribution is -2.19. The van der Waals surface area contributed by atoms with Gasteiger partial charge in [-0.25, -0.2) is 13.2 Å². The van der Waals surface area contributed by atoms with E-state index < -0.39 is 17.5 Å². The fourth-order valence-corrected chi connectivity index (χ4v) is 4.25. The molecule has 3 nitrogen and oxygen atoms in total. The van der Waals surface area contributed by atoms with Gasteiger partial charge in [-0.3, -0.25) is 0 Å². The monoisotopic (exact) mass is 472 g/mol. The summed E-state index contributed by atoms with van der Waals surface area (Å²) in [6.07, 6.45) is 4.11. The number of benzene rings is 2. The highest BCUT2D eigenvalue weighted by molar-refractivity contribution is 5.65. The molecule has 0 bridgehead atoms. The summed E-state index contributed by atoms with van der Waals surface area (Å²) in [5.74, 6) is -1.32. The normalized spacial score (nSPS) is 18.3. The van der Waals surface area contributed by atoms with E-state index in [1.54, 1.807) is 50.4 Å². The highest BCUT2D eigenvalue weighted by atomic mass is 19.2. The number of allylic oxidation sites excluding steroid dienone is 2. The predicted molar refractivity (Wildman–Crippen MR) is 128 cm³/mol. The SMILES string of the molecule is C=C(/C=C(/F)C(=C)OCC1CCC(c2ccc(-c3ccc(OC)cc3)c(F)c2F)CC1)OCC. The second-order valence-electron chi connectivity index (χ2n) is 8.40. The van der Waals surface area contributed by atoms with E-state index in [4.69, 9.17) is 14.2 Å². The van der Waals surface area contributed by atoms with Crippen LogP contribution in [0.1, 0.15) is 44.1 Å². The van der Waals surface area contributed by atoms with Crippen molar-refractivity contribution in [2.75, 3.05) is 20.3 Å². The zero-order chi connectivity index (χ0) is 24.7. The van der Waals surface area contributed by atoms with E-state index in [9.17, 15) is 13.2 Å². The molecule has 182 valence electrons. The molecule has 6 heteroatoms. The van der Waals surface area contributed by atoms with Crippen molar-refractivity contribution >= 4 is 0 Å². The van der Waals surface area contributed by atoms with Crippen molar-refractivity contribution in [2.24, 2.45) is 5.92 Å². The van der Waals surface area contributed by atoms with Crippen molar-refractivity contribution in [1.82, 2.24) is 0 Å². The number of hydrogen-bond donors (Lipinski definition) is 0. The van der Waals surface area contributed by atoms with Gasteiger partial charge in [-0.05, 0) is 67.7 Å². The molecule has 3 rings (SSSR count). The van der Waals surface area contributed by atoms with Crippen molar-refractivity contribution in [3.63, 3.8) is 0 Å². The van der Waals surface area contributed by atoms with Crippen LogP contribution in [-0.2, 0) is 9.47 Å². The van der Waals surface area contributed by atoms with E-state index >= 15 is 0 Å². The topological polar surface area (TPSA) is 27.7 Å². The van der Waals surface area contributed by atoms with Crippen LogP contribution in [0.5, 0.6) is 5.75 Å². The molecule has 0 aromatic heterocycles. The average molecular weight is 473 g/mol. The second-order valence-corrected chi connectivity index (χ2v) is 8.40. The van der Waals surface area contributed by atoms with E-state index in [0.717, 1.165) is 18.9 Å². The first-order valence-corrected chi connectivity index (χ1v) is 11.5. The Bertz CT molecular complexity index is 1040. The van der Waals surface area contributed by atoms with Crippen LogP contribution in [0.4, 0.5) is 13.2 Å². The molecule has 1 fully saturated rings. The van der Waals surface area contributed by atoms with Gasteiger partial charge in [0.2, 0.25) is 0 Å². The summed E-state index contributed by atoms with van der Waals surface area (Å²) in [5, 5.41) is 0. The number of halogens is 3. The summed E-state index contributed by atoms with van der Waals surface area (Å²) < 4.78 is 59.7. The van der Waals surface area contributed by atoms with Crippen LogP contribution in [-0.4, -0.2) is 20.3 Å². The van der Waals surface area contributed by atoms with E-state index in [-0.39, 0.29) is 28.9 Å². The Morgan fingerprint density at radius 1 is 0.971 bits per heavy atom. The van der Waals surface area contributed by atoms with Gasteiger partial charge < -0.3 is 14.2 Å². The van der Waals surface area contributed by atoms with Gasteiger partial charge in [0.1, 0.15) is 17.3 Å². The Morgan fingerprint density at radius 3 is 2.26 bits per heavy atom. The molecule has 0 heterocycles. The Morgan fingerprint density at radius 2 is 1.65 bits per heavy atom. The minimum atomic E-state index is -0.833. The first-order chi connectivity index (χ1) is 16.3. The molecule has 1 aliphatic rings. The Hall–Kier alpha value is -3.15. The van der Waals surface area contributed by atoms with Crippen molar-refractivity contribution in [1.29, 1.82) is 0 Å². The summed E-state index contributed by atoms with van der Waals surface area (Å²) in [6, 6.07) is 10.2. The highest BCUT2D eigenvalue weighted by Gasteiger charge is 2.27. The number of hydrogen-bond acceptors (Lipinski definition) is 3. The van der Waals surface area contributed by atoms with E-state index in [0.29, 0.717) is 42.9 Å². The summed E-state index contributed by atoms with van der Waals surface area (Å²) in [5.41, 5.74) is 1.23. The van der Waals surface area contributed by atoms with Gasteiger partial charge in [0, 0.05) is 11.6 Å². The minimum Gasteiger partial charge on any atom is -0.497 e. The Labute approximate surface area is 199 Å². The van der Waals surface area contributed by atoms with Gasteiger partial charge >= 0.3 is 0 Å². The lowest BCUT2D eigenvalue weighted by Gasteiger charge is -2.29. The van der Waals surface area contributed by atoms with Crippen LogP contribution >= 0.6 is 0 Å². The van der Waals surface area contributed by atoms with Gasteiger partial charge in [0.05, 0.1) is 20.3 Å². The number of ether oxygens (including phenoxy) is 3. The van der Waals surface area contributed by atoms with Crippen molar-refractivity contribution in [2.45, 2.75) is 38.5 Å². The molecule has 2 aromatic carbocycles. The molecule has 2 aromatic rings. The molecule has 0 amide bonds. The first kappa shape index (κ1) is 25.5. The van der Waals surface area contributed by atoms with Crippen LogP contribution in [0, 0.1) is 17.6 Å². The fraction of sp³-hybridized carbons (Fsp3) is 0.357. The van der Waals surface area contributed by atoms with E-state index in [2.05, 4.69) is 13.2 Å². The zero-order valence-electron chi connectivity index (χ0n) is 19.7. The van der Waals surface area contributed by atoms with E-state index in [1.165, 1.54) is 0 Å². The number of methoxy groups -OCH3 is 1. The van der Waals surface area contributed by atoms with Crippen molar-refractivity contribution < 1.29 is 27.4 Å². The fourth-order valence-electron chi connectivity index (χ4n) is 4.25. The Kier molecular flexibility index (Phi) is 8.85. The molecule has 34 heavy (non-hydrogen) atoms. The molecular weight excluding hydrogens is 441 g/mol. The van der Waals surface area contributed by atoms with Gasteiger partial charge in [-0.2, -0.15) is 0 Å². The summed E-state index contributed by atoms with van der Waals surface area (Å²) in [4.78, 5) is 0. The third-order valence-electron chi connectivity index (χ3n) is 6.18.